The maximum atomic E-state index is 2.77. The quantitative estimate of drug-likeness (QED) is 0.141. The molecule has 554 valence electrons. The van der Waals surface area contributed by atoms with Crippen LogP contribution in [0.15, 0.2) is 267 Å². The van der Waals surface area contributed by atoms with Crippen LogP contribution in [0.1, 0.15) is 184 Å². The molecule has 2 aromatic heterocycles. The van der Waals surface area contributed by atoms with Crippen LogP contribution in [-0.2, 0) is 37.9 Å². The molecule has 4 nitrogen and oxygen atoms in total. The molecule has 15 aromatic rings. The third kappa shape index (κ3) is 12.5. The van der Waals surface area contributed by atoms with Gasteiger partial charge in [-0.15, -0.1) is 0 Å². The van der Waals surface area contributed by atoms with Gasteiger partial charge in [0.05, 0.1) is 33.4 Å². The van der Waals surface area contributed by atoms with Crippen molar-refractivity contribution in [2.45, 2.75) is 183 Å². The van der Waals surface area contributed by atoms with Crippen LogP contribution in [0.2, 0.25) is 0 Å². The summed E-state index contributed by atoms with van der Waals surface area (Å²) in [5.41, 5.74) is 35.0. The summed E-state index contributed by atoms with van der Waals surface area (Å²) < 4.78 is 5.19. The maximum absolute atomic E-state index is 2.77. The third-order valence-corrected chi connectivity index (χ3v) is 24.2. The smallest absolute Gasteiger partial charge is 0.252 e. The van der Waals surface area contributed by atoms with Crippen molar-refractivity contribution in [2.75, 3.05) is 9.80 Å². The Labute approximate surface area is 660 Å². The van der Waals surface area contributed by atoms with Crippen molar-refractivity contribution in [3.63, 3.8) is 0 Å². The minimum Gasteiger partial charge on any atom is -0.310 e. The number of fused-ring (bicyclic) bond motifs is 10. The molecule has 0 aliphatic carbocycles. The largest absolute Gasteiger partial charge is 0.310 e. The Morgan fingerprint density at radius 2 is 0.495 bits per heavy atom. The summed E-state index contributed by atoms with van der Waals surface area (Å²) in [5, 5.41) is 5.03. The molecular formula is C106H107BN4. The SMILES string of the molecule is CC(C)(C)c1cc(-c2ccccc2)c(N2c3cc(-n4c5ccc(C(C)(C)C)cc5c5cc(C(C)(C)C)ccc54)ccc3B3c4ccc(-n5c6cc(C(C)(C)C)ccc6c6ccc(C(C)(C)C)cc65)cc4N(c4c(-c5ccccc5)cc(C(C)(C)C)cc4-c4ccccc4)c4cc(C(C)(C)C)cc2c43)c(-c2ccccc2)c1. The van der Waals surface area contributed by atoms with Gasteiger partial charge in [-0.05, 0) is 213 Å². The van der Waals surface area contributed by atoms with Crippen molar-refractivity contribution >= 4 is 101 Å². The average molecular weight is 1450 g/mol. The minimum absolute atomic E-state index is 0.0616. The highest BCUT2D eigenvalue weighted by molar-refractivity contribution is 7.00. The molecule has 0 radical (unpaired) electrons. The molecule has 0 spiro atoms. The lowest BCUT2D eigenvalue weighted by atomic mass is 9.33. The summed E-state index contributed by atoms with van der Waals surface area (Å²) in [4.78, 5) is 5.53. The minimum atomic E-state index is -0.344. The molecule has 17 rings (SSSR count). The zero-order chi connectivity index (χ0) is 78.1. The summed E-state index contributed by atoms with van der Waals surface area (Å²) >= 11 is 0. The Morgan fingerprint density at radius 3 is 0.802 bits per heavy atom. The van der Waals surface area contributed by atoms with E-state index >= 15 is 0 Å². The van der Waals surface area contributed by atoms with Crippen LogP contribution >= 0.6 is 0 Å². The van der Waals surface area contributed by atoms with Gasteiger partial charge in [0.2, 0.25) is 0 Å². The summed E-state index contributed by atoms with van der Waals surface area (Å²) in [6.07, 6.45) is 0. The highest BCUT2D eigenvalue weighted by Gasteiger charge is 2.47. The highest BCUT2D eigenvalue weighted by atomic mass is 15.2. The van der Waals surface area contributed by atoms with Crippen LogP contribution in [0.4, 0.5) is 34.1 Å². The van der Waals surface area contributed by atoms with Gasteiger partial charge in [-0.25, -0.2) is 0 Å². The van der Waals surface area contributed by atoms with Crippen molar-refractivity contribution in [3.05, 3.63) is 306 Å². The van der Waals surface area contributed by atoms with Crippen LogP contribution in [0.3, 0.4) is 0 Å². The monoisotopic (exact) mass is 1450 g/mol. The average Bonchev–Trinajstić information content (AvgIpc) is 0.861. The van der Waals surface area contributed by atoms with Crippen LogP contribution in [0, 0.1) is 0 Å². The molecule has 2 aliphatic rings. The summed E-state index contributed by atoms with van der Waals surface area (Å²) in [6.45, 7) is 49.3. The molecule has 0 amide bonds. The Kier molecular flexibility index (Phi) is 17.0. The van der Waals surface area contributed by atoms with Gasteiger partial charge >= 0.3 is 0 Å². The predicted octanol–water partition coefficient (Wildman–Crippen LogP) is 27.7. The normalized spacial score (nSPS) is 13.6. The summed E-state index contributed by atoms with van der Waals surface area (Å²) in [6, 6.07) is 105. The second kappa shape index (κ2) is 25.9. The number of hydrogen-bond acceptors (Lipinski definition) is 2. The van der Waals surface area contributed by atoms with E-state index in [9.17, 15) is 0 Å². The van der Waals surface area contributed by atoms with Crippen LogP contribution < -0.4 is 26.2 Å². The molecule has 0 atom stereocenters. The first-order valence-electron chi connectivity index (χ1n) is 40.3. The molecule has 0 N–H and O–H groups in total. The van der Waals surface area contributed by atoms with E-state index in [1.54, 1.807) is 0 Å². The molecule has 4 heterocycles. The second-order valence-corrected chi connectivity index (χ2v) is 39.2. The molecule has 0 saturated heterocycles. The van der Waals surface area contributed by atoms with Gasteiger partial charge in [-0.3, -0.25) is 0 Å². The first kappa shape index (κ1) is 73.0. The Morgan fingerprint density at radius 1 is 0.216 bits per heavy atom. The first-order chi connectivity index (χ1) is 52.5. The molecule has 13 aromatic carbocycles. The topological polar surface area (TPSA) is 16.3 Å². The van der Waals surface area contributed by atoms with E-state index in [2.05, 4.69) is 431 Å². The lowest BCUT2D eigenvalue weighted by Gasteiger charge is -2.47. The van der Waals surface area contributed by atoms with Crippen LogP contribution in [0.5, 0.6) is 0 Å². The maximum Gasteiger partial charge on any atom is 0.252 e. The summed E-state index contributed by atoms with van der Waals surface area (Å²) in [5.74, 6) is 0. The van der Waals surface area contributed by atoms with Crippen molar-refractivity contribution < 1.29 is 0 Å². The third-order valence-electron chi connectivity index (χ3n) is 24.2. The number of nitrogens with zero attached hydrogens (tertiary/aromatic N) is 4. The van der Waals surface area contributed by atoms with Gasteiger partial charge in [-0.1, -0.05) is 315 Å². The predicted molar refractivity (Wildman–Crippen MR) is 482 cm³/mol. The number of hydrogen-bond donors (Lipinski definition) is 0. The fourth-order valence-electron chi connectivity index (χ4n) is 17.6. The fraction of sp³-hybridized carbons (Fsp3) is 0.264. The van der Waals surface area contributed by atoms with Crippen LogP contribution in [-0.4, -0.2) is 15.8 Å². The van der Waals surface area contributed by atoms with Gasteiger partial charge in [0, 0.05) is 77.9 Å². The van der Waals surface area contributed by atoms with E-state index in [0.29, 0.717) is 0 Å². The van der Waals surface area contributed by atoms with Crippen molar-refractivity contribution in [1.29, 1.82) is 0 Å². The van der Waals surface area contributed by atoms with Gasteiger partial charge in [0.1, 0.15) is 0 Å². The fourth-order valence-corrected chi connectivity index (χ4v) is 17.6. The number of rotatable bonds is 8. The number of anilines is 6. The van der Waals surface area contributed by atoms with E-state index < -0.39 is 0 Å². The molecule has 0 unspecified atom stereocenters. The van der Waals surface area contributed by atoms with Gasteiger partial charge in [0.15, 0.2) is 0 Å². The van der Waals surface area contributed by atoms with E-state index in [4.69, 9.17) is 0 Å². The van der Waals surface area contributed by atoms with Gasteiger partial charge in [-0.2, -0.15) is 0 Å². The van der Waals surface area contributed by atoms with Crippen molar-refractivity contribution in [2.24, 2.45) is 0 Å². The molecular weight excluding hydrogens is 1340 g/mol. The number of aromatic nitrogens is 2. The molecule has 0 saturated carbocycles. The highest BCUT2D eigenvalue weighted by Crippen LogP contribution is 2.56. The first-order valence-corrected chi connectivity index (χ1v) is 40.3. The Bertz CT molecular complexity index is 5950. The molecule has 0 bridgehead atoms. The standard InChI is InChI=1S/C106H107BN4/c1-100(2,3)70-44-52-89-85(54-70)86-55-71(101(4,5)6)45-53-90(86)108(89)77-46-50-87-93(64-77)110(98-81(66-34-26-22-27-35-66)56-74(104(13,14)15)57-82(98)67-36-28-23-29-37-67)95-62-76(106(19,20)21)63-96-97(95)107(87)88-51-47-78(109-91-60-72(102(7,8)9)42-48-79(91)80-49-43-73(61-92(80)109)103(10,11)12)65-94(88)111(96)99-83(68-38-30-24-31-39-68)58-75(105(16,17)18)59-84(99)69-40-32-25-33-41-69/h22-65H,1-21H3. The molecule has 2 aliphatic heterocycles. The van der Waals surface area contributed by atoms with Crippen molar-refractivity contribution in [3.8, 4) is 55.9 Å². The van der Waals surface area contributed by atoms with Gasteiger partial charge < -0.3 is 18.9 Å². The lowest BCUT2D eigenvalue weighted by molar-refractivity contribution is 0.590. The zero-order valence-electron chi connectivity index (χ0n) is 69.3. The lowest BCUT2D eigenvalue weighted by Crippen LogP contribution is -2.61. The molecule has 111 heavy (non-hydrogen) atoms. The Hall–Kier alpha value is -10.9. The Balaban J connectivity index is 1.08. The van der Waals surface area contributed by atoms with E-state index in [-0.39, 0.29) is 44.6 Å². The zero-order valence-corrected chi connectivity index (χ0v) is 69.3. The summed E-state index contributed by atoms with van der Waals surface area (Å²) in [7, 11) is 0. The molecule has 5 heteroatoms. The number of benzene rings is 13. The van der Waals surface area contributed by atoms with E-state index in [1.165, 1.54) is 121 Å². The second-order valence-electron chi connectivity index (χ2n) is 39.2. The molecule has 0 fully saturated rings. The van der Waals surface area contributed by atoms with Crippen molar-refractivity contribution in [1.82, 2.24) is 9.13 Å². The van der Waals surface area contributed by atoms with Crippen LogP contribution in [0.25, 0.3) is 99.5 Å². The van der Waals surface area contributed by atoms with E-state index in [0.717, 1.165) is 67.8 Å². The van der Waals surface area contributed by atoms with E-state index in [1.807, 2.05) is 0 Å². The van der Waals surface area contributed by atoms with Gasteiger partial charge in [0.25, 0.3) is 6.71 Å².